The zero-order valence-corrected chi connectivity index (χ0v) is 45.2. The van der Waals surface area contributed by atoms with E-state index in [0.717, 1.165) is 38.1 Å². The predicted octanol–water partition coefficient (Wildman–Crippen LogP) is -1.19. The standard InChI is InChI=1S/C49H66N10O10S2.In/c1-28(61)39(25-60)56-48(68)41-27-71-70-26-40(57-43(63)34(51)21-30-13-5-3-6-14-30)47(67)54-37(22-31-15-7-4-8-16-31)45(65)55-38(23-32-24-52-35-18-10-9-17-33(32)35)46(66)53-36(19-11-12-20-50)44(64)59-42(29(2)62)49(69)58-41;/h3-10,13-18,24,28-29,34,36-42,52,60-62H,11-12,19-23,25-27,50-51H2,1-2H3,(H,53,66)(H,54,67)(H,55,65)(H,56,68)(H,57,63)(H,58,69)(H,59,64);/t28-,29?,34-,36+,37+,38-,39-,40+,41+,42+;/m1./s1. The van der Waals surface area contributed by atoms with Gasteiger partial charge in [-0.3, -0.25) is 33.6 Å². The molecule has 1 aliphatic rings. The SMILES string of the molecule is CC(O)[C@@H]1NC(=O)[C@H](CCCCN)NC(=O)[C@@H](Cc2c[nH]c3ccccc23)NC(=O)[C@H](Cc2ccccc2)NC(=O)[C@@H](NC(=O)[C@H](N)Cc2ccccc2)CSSC[C@@H](C(=O)N[C@H](CO)[C@@H](C)O)NC1=O.[In]. The van der Waals surface area contributed by atoms with Crippen molar-refractivity contribution >= 4 is 99.7 Å². The second-order valence-electron chi connectivity index (χ2n) is 17.5. The monoisotopic (exact) mass is 1130 g/mol. The van der Waals surface area contributed by atoms with Crippen molar-refractivity contribution in [2.24, 2.45) is 11.5 Å². The van der Waals surface area contributed by atoms with Crippen LogP contribution in [0.2, 0.25) is 0 Å². The molecule has 15 N–H and O–H groups in total. The van der Waals surface area contributed by atoms with E-state index in [0.29, 0.717) is 24.0 Å². The van der Waals surface area contributed by atoms with Crippen molar-refractivity contribution in [3.8, 4) is 0 Å². The number of aromatic nitrogens is 1. The number of nitrogens with one attached hydrogen (secondary N) is 8. The summed E-state index contributed by atoms with van der Waals surface area (Å²) in [6.07, 6.45) is -0.156. The summed E-state index contributed by atoms with van der Waals surface area (Å²) in [6.45, 7) is 2.23. The molecule has 7 amide bonds. The van der Waals surface area contributed by atoms with Gasteiger partial charge in [-0.15, -0.1) is 0 Å². The van der Waals surface area contributed by atoms with Gasteiger partial charge in [0.25, 0.3) is 0 Å². The first-order valence-corrected chi connectivity index (χ1v) is 26.0. The van der Waals surface area contributed by atoms with E-state index in [-0.39, 0.29) is 69.6 Å². The maximum Gasteiger partial charge on any atom is 0.245 e. The fraction of sp³-hybridized carbons (Fsp3) is 0.449. The molecule has 1 fully saturated rings. The van der Waals surface area contributed by atoms with Crippen LogP contribution in [-0.2, 0) is 52.8 Å². The minimum atomic E-state index is -1.66. The number of benzene rings is 3. The van der Waals surface area contributed by atoms with Crippen molar-refractivity contribution in [1.29, 1.82) is 0 Å². The summed E-state index contributed by atoms with van der Waals surface area (Å²) >= 11 is 0. The molecule has 0 saturated carbocycles. The van der Waals surface area contributed by atoms with Gasteiger partial charge < -0.3 is 69.0 Å². The number of hydrogen-bond donors (Lipinski definition) is 13. The molecule has 1 unspecified atom stereocenters. The number of rotatable bonds is 17. The van der Waals surface area contributed by atoms with E-state index in [1.165, 1.54) is 13.8 Å². The molecule has 1 saturated heterocycles. The van der Waals surface area contributed by atoms with Crippen LogP contribution < -0.4 is 48.7 Å². The minimum Gasteiger partial charge on any atom is -0.394 e. The van der Waals surface area contributed by atoms with Gasteiger partial charge >= 0.3 is 0 Å². The first-order valence-electron chi connectivity index (χ1n) is 23.5. The fourth-order valence-electron chi connectivity index (χ4n) is 7.73. The van der Waals surface area contributed by atoms with Crippen molar-refractivity contribution in [2.45, 2.75) is 113 Å². The number of aliphatic hydroxyl groups is 3. The van der Waals surface area contributed by atoms with Gasteiger partial charge in [0.15, 0.2) is 0 Å². The number of amides is 7. The Morgan fingerprint density at radius 1 is 0.722 bits per heavy atom. The molecule has 3 aromatic carbocycles. The third-order valence-corrected chi connectivity index (χ3v) is 14.3. The summed E-state index contributed by atoms with van der Waals surface area (Å²) < 4.78 is 0. The van der Waals surface area contributed by atoms with Crippen LogP contribution in [0.3, 0.4) is 0 Å². The average Bonchev–Trinajstić information content (AvgIpc) is 3.76. The van der Waals surface area contributed by atoms with E-state index in [1.54, 1.807) is 60.8 Å². The van der Waals surface area contributed by atoms with Crippen molar-refractivity contribution < 1.29 is 48.9 Å². The summed E-state index contributed by atoms with van der Waals surface area (Å²) in [5, 5.41) is 50.5. The maximum absolute atomic E-state index is 14.7. The molecule has 5 rings (SSSR count). The Kier molecular flexibility index (Phi) is 24.9. The summed E-state index contributed by atoms with van der Waals surface area (Å²) in [4.78, 5) is 103. The number of aliphatic hydroxyl groups excluding tert-OH is 3. The number of fused-ring (bicyclic) bond motifs is 1. The molecule has 0 bridgehead atoms. The van der Waals surface area contributed by atoms with Crippen LogP contribution in [0.1, 0.15) is 49.8 Å². The zero-order chi connectivity index (χ0) is 51.5. The van der Waals surface area contributed by atoms with Crippen LogP contribution >= 0.6 is 21.6 Å². The van der Waals surface area contributed by atoms with Gasteiger partial charge in [-0.05, 0) is 68.8 Å². The Morgan fingerprint density at radius 3 is 1.94 bits per heavy atom. The van der Waals surface area contributed by atoms with Gasteiger partial charge in [-0.1, -0.05) is 100 Å². The molecule has 3 radical (unpaired) electrons. The second kappa shape index (κ2) is 30.2. The normalized spacial score (nSPS) is 22.5. The largest absolute Gasteiger partial charge is 0.394 e. The molecule has 1 aromatic heterocycles. The van der Waals surface area contributed by atoms with Crippen LogP contribution in [0.15, 0.2) is 91.1 Å². The van der Waals surface area contributed by atoms with E-state index < -0.39 is 108 Å². The molecular formula is C49H66InN10O10S2. The van der Waals surface area contributed by atoms with Gasteiger partial charge in [0.1, 0.15) is 36.3 Å². The molecule has 0 spiro atoms. The van der Waals surface area contributed by atoms with E-state index in [9.17, 15) is 48.9 Å². The first-order chi connectivity index (χ1) is 34.1. The summed E-state index contributed by atoms with van der Waals surface area (Å²) in [5.41, 5.74) is 15.0. The smallest absolute Gasteiger partial charge is 0.245 e. The quantitative estimate of drug-likeness (QED) is 0.0437. The summed E-state index contributed by atoms with van der Waals surface area (Å²) in [5.74, 6) is -6.01. The molecule has 2 heterocycles. The number of nitrogens with two attached hydrogens (primary N) is 2. The number of H-pyrrole nitrogens is 1. The Morgan fingerprint density at radius 2 is 1.31 bits per heavy atom. The summed E-state index contributed by atoms with van der Waals surface area (Å²) in [6, 6.07) is 14.6. The van der Waals surface area contributed by atoms with Crippen molar-refractivity contribution in [1.82, 2.24) is 42.2 Å². The van der Waals surface area contributed by atoms with Gasteiger partial charge in [-0.25, -0.2) is 0 Å². The molecule has 1 aliphatic heterocycles. The van der Waals surface area contributed by atoms with Crippen molar-refractivity contribution in [3.63, 3.8) is 0 Å². The van der Waals surface area contributed by atoms with Crippen LogP contribution in [0.25, 0.3) is 10.9 Å². The van der Waals surface area contributed by atoms with Crippen LogP contribution in [0, 0.1) is 0 Å². The predicted molar refractivity (Wildman–Crippen MR) is 278 cm³/mol. The van der Waals surface area contributed by atoms with Crippen molar-refractivity contribution in [3.05, 3.63) is 108 Å². The molecule has 387 valence electrons. The van der Waals surface area contributed by atoms with Crippen LogP contribution in [0.4, 0.5) is 0 Å². The molecule has 72 heavy (non-hydrogen) atoms. The van der Waals surface area contributed by atoms with E-state index >= 15 is 0 Å². The Labute approximate surface area is 445 Å². The average molecular weight is 1130 g/mol. The van der Waals surface area contributed by atoms with Crippen LogP contribution in [0.5, 0.6) is 0 Å². The fourth-order valence-corrected chi connectivity index (χ4v) is 10.1. The number of carbonyl (C=O) groups is 7. The molecule has 23 heteroatoms. The topological polar surface area (TPSA) is 332 Å². The number of unbranched alkanes of at least 4 members (excludes halogenated alkanes) is 1. The molecular weight excluding hydrogens is 1070 g/mol. The Bertz CT molecular complexity index is 2400. The minimum absolute atomic E-state index is 0. The molecule has 0 aliphatic carbocycles. The maximum atomic E-state index is 14.7. The molecule has 10 atom stereocenters. The van der Waals surface area contributed by atoms with E-state index in [2.05, 4.69) is 42.2 Å². The zero-order valence-electron chi connectivity index (χ0n) is 40.3. The summed E-state index contributed by atoms with van der Waals surface area (Å²) in [7, 11) is 2.06. The van der Waals surface area contributed by atoms with Gasteiger partial charge in [-0.2, -0.15) is 0 Å². The number of para-hydroxylation sites is 1. The first kappa shape index (κ1) is 59.4. The van der Waals surface area contributed by atoms with Crippen LogP contribution in [-0.4, -0.2) is 173 Å². The van der Waals surface area contributed by atoms with Gasteiger partial charge in [0, 0.05) is 67.3 Å². The van der Waals surface area contributed by atoms with Gasteiger partial charge in [0.05, 0.1) is 30.9 Å². The third kappa shape index (κ3) is 18.1. The second-order valence-corrected chi connectivity index (χ2v) is 20.0. The number of hydrogen-bond acceptors (Lipinski definition) is 14. The van der Waals surface area contributed by atoms with E-state index in [4.69, 9.17) is 11.5 Å². The number of carbonyl (C=O) groups excluding carboxylic acids is 7. The van der Waals surface area contributed by atoms with E-state index in [1.807, 2.05) is 30.3 Å². The van der Waals surface area contributed by atoms with Gasteiger partial charge in [0.2, 0.25) is 41.4 Å². The molecule has 20 nitrogen and oxygen atoms in total. The molecule has 4 aromatic rings. The Balaban J connectivity index is 0.0000112. The Hall–Kier alpha value is -5.14. The third-order valence-electron chi connectivity index (χ3n) is 11.9. The number of aromatic amines is 1. The van der Waals surface area contributed by atoms with Crippen molar-refractivity contribution in [2.75, 3.05) is 24.7 Å².